The van der Waals surface area contributed by atoms with Gasteiger partial charge in [0.2, 0.25) is 5.91 Å². The summed E-state index contributed by atoms with van der Waals surface area (Å²) in [5, 5.41) is 6.17. The van der Waals surface area contributed by atoms with Gasteiger partial charge in [-0.2, -0.15) is 0 Å². The van der Waals surface area contributed by atoms with Gasteiger partial charge in [-0.05, 0) is 51.4 Å². The normalized spacial score (nSPS) is 26.4. The van der Waals surface area contributed by atoms with Crippen LogP contribution in [0.4, 0.5) is 5.69 Å². The summed E-state index contributed by atoms with van der Waals surface area (Å²) >= 11 is 0. The molecule has 6 heteroatoms. The molecule has 2 amide bonds. The van der Waals surface area contributed by atoms with E-state index in [0.717, 1.165) is 18.8 Å². The fraction of sp³-hybridized carbons (Fsp3) is 0.556. The minimum atomic E-state index is -0.824. The number of hydrogen-bond acceptors (Lipinski definition) is 4. The molecule has 2 fully saturated rings. The van der Waals surface area contributed by atoms with E-state index in [1.165, 1.54) is 0 Å². The van der Waals surface area contributed by atoms with Gasteiger partial charge in [-0.3, -0.25) is 9.59 Å². The summed E-state index contributed by atoms with van der Waals surface area (Å²) in [7, 11) is 1.57. The number of ether oxygens (including phenoxy) is 1. The molecule has 3 rings (SSSR count). The van der Waals surface area contributed by atoms with Crippen molar-refractivity contribution in [2.45, 2.75) is 43.9 Å². The summed E-state index contributed by atoms with van der Waals surface area (Å²) in [5.74, 6) is -0.228. The van der Waals surface area contributed by atoms with E-state index < -0.39 is 11.6 Å². The number of para-hydroxylation sites is 1. The van der Waals surface area contributed by atoms with Crippen molar-refractivity contribution in [3.63, 3.8) is 0 Å². The molecule has 2 atom stereocenters. The number of nitrogens with zero attached hydrogens (tertiary/aromatic N) is 1. The molecule has 0 radical (unpaired) electrons. The molecule has 1 aromatic rings. The Kier molecular flexibility index (Phi) is 4.87. The Morgan fingerprint density at radius 1 is 1.29 bits per heavy atom. The average Bonchev–Trinajstić information content (AvgIpc) is 2.89. The topological polar surface area (TPSA) is 70.7 Å². The Morgan fingerprint density at radius 3 is 2.58 bits per heavy atom. The highest BCUT2D eigenvalue weighted by atomic mass is 16.5. The van der Waals surface area contributed by atoms with E-state index in [2.05, 4.69) is 10.6 Å². The van der Waals surface area contributed by atoms with Crippen LogP contribution in [0.5, 0.6) is 0 Å². The summed E-state index contributed by atoms with van der Waals surface area (Å²) in [6, 6.07) is 9.15. The van der Waals surface area contributed by atoms with Gasteiger partial charge in [0.25, 0.3) is 5.91 Å². The number of nitrogens with one attached hydrogen (secondary N) is 2. The third-order valence-electron chi connectivity index (χ3n) is 5.11. The van der Waals surface area contributed by atoms with Crippen LogP contribution in [-0.4, -0.2) is 49.7 Å². The highest BCUT2D eigenvalue weighted by molar-refractivity contribution is 6.02. The molecule has 1 aromatic carbocycles. The fourth-order valence-electron chi connectivity index (χ4n) is 3.67. The molecule has 130 valence electrons. The predicted molar refractivity (Wildman–Crippen MR) is 91.8 cm³/mol. The molecule has 2 N–H and O–H groups in total. The first kappa shape index (κ1) is 16.9. The molecule has 2 heterocycles. The third kappa shape index (κ3) is 3.03. The zero-order chi connectivity index (χ0) is 17.2. The zero-order valence-corrected chi connectivity index (χ0v) is 14.2. The van der Waals surface area contributed by atoms with Crippen molar-refractivity contribution in [1.29, 1.82) is 0 Å². The maximum absolute atomic E-state index is 12.8. The Morgan fingerprint density at radius 2 is 1.96 bits per heavy atom. The lowest BCUT2D eigenvalue weighted by Crippen LogP contribution is -2.57. The second-order valence-electron chi connectivity index (χ2n) is 6.60. The number of amides is 2. The molecule has 0 saturated carbocycles. The van der Waals surface area contributed by atoms with Crippen molar-refractivity contribution < 1.29 is 14.3 Å². The Balaban J connectivity index is 1.72. The standard InChI is InChI=1S/C18H25N3O3/c1-13-12-15(16(22)21(13)14-6-4-3-5-7-14)20-17(23)18(24-2)8-10-19-11-9-18/h3-7,13,15,19H,8-12H2,1-2H3,(H,20,23). The SMILES string of the molecule is COC1(C(=O)NC2CC(C)N(c3ccccc3)C2=O)CCNCC1. The lowest BCUT2D eigenvalue weighted by Gasteiger charge is -2.35. The van der Waals surface area contributed by atoms with Gasteiger partial charge in [0, 0.05) is 18.8 Å². The number of piperidine rings is 1. The first-order chi connectivity index (χ1) is 11.6. The van der Waals surface area contributed by atoms with Crippen molar-refractivity contribution >= 4 is 17.5 Å². The molecule has 24 heavy (non-hydrogen) atoms. The molecule has 2 saturated heterocycles. The zero-order valence-electron chi connectivity index (χ0n) is 14.2. The maximum atomic E-state index is 12.8. The second-order valence-corrected chi connectivity index (χ2v) is 6.60. The number of benzene rings is 1. The van der Waals surface area contributed by atoms with Crippen molar-refractivity contribution in [1.82, 2.24) is 10.6 Å². The van der Waals surface area contributed by atoms with E-state index in [9.17, 15) is 9.59 Å². The highest BCUT2D eigenvalue weighted by Crippen LogP contribution is 2.28. The Bertz CT molecular complexity index is 599. The van der Waals surface area contributed by atoms with Gasteiger partial charge in [0.05, 0.1) is 0 Å². The number of rotatable bonds is 4. The van der Waals surface area contributed by atoms with Crippen LogP contribution < -0.4 is 15.5 Å². The third-order valence-corrected chi connectivity index (χ3v) is 5.11. The number of carbonyl (C=O) groups is 2. The van der Waals surface area contributed by atoms with Gasteiger partial charge in [0.15, 0.2) is 0 Å². The summed E-state index contributed by atoms with van der Waals surface area (Å²) in [4.78, 5) is 27.3. The van der Waals surface area contributed by atoms with Crippen LogP contribution in [0.2, 0.25) is 0 Å². The fourth-order valence-corrected chi connectivity index (χ4v) is 3.67. The molecular formula is C18H25N3O3. The molecule has 0 spiro atoms. The van der Waals surface area contributed by atoms with Crippen LogP contribution >= 0.6 is 0 Å². The first-order valence-corrected chi connectivity index (χ1v) is 8.52. The molecule has 2 unspecified atom stereocenters. The molecule has 6 nitrogen and oxygen atoms in total. The number of methoxy groups -OCH3 is 1. The highest BCUT2D eigenvalue weighted by Gasteiger charge is 2.44. The van der Waals surface area contributed by atoms with Crippen molar-refractivity contribution in [2.24, 2.45) is 0 Å². The van der Waals surface area contributed by atoms with E-state index in [1.54, 1.807) is 12.0 Å². The van der Waals surface area contributed by atoms with Gasteiger partial charge in [-0.1, -0.05) is 18.2 Å². The summed E-state index contributed by atoms with van der Waals surface area (Å²) in [6.07, 6.45) is 1.85. The molecule has 2 aliphatic heterocycles. The lowest BCUT2D eigenvalue weighted by molar-refractivity contribution is -0.148. The van der Waals surface area contributed by atoms with Crippen LogP contribution in [0.25, 0.3) is 0 Å². The summed E-state index contributed by atoms with van der Waals surface area (Å²) in [6.45, 7) is 3.49. The van der Waals surface area contributed by atoms with Crippen molar-refractivity contribution in [3.05, 3.63) is 30.3 Å². The molecule has 0 aromatic heterocycles. The summed E-state index contributed by atoms with van der Waals surface area (Å²) in [5.41, 5.74) is 0.0460. The van der Waals surface area contributed by atoms with Gasteiger partial charge in [-0.15, -0.1) is 0 Å². The predicted octanol–water partition coefficient (Wildman–Crippen LogP) is 1.07. The minimum Gasteiger partial charge on any atom is -0.368 e. The van der Waals surface area contributed by atoms with Gasteiger partial charge >= 0.3 is 0 Å². The van der Waals surface area contributed by atoms with Gasteiger partial charge < -0.3 is 20.3 Å². The molecule has 2 aliphatic rings. The Labute approximate surface area is 142 Å². The monoisotopic (exact) mass is 331 g/mol. The van der Waals surface area contributed by atoms with Gasteiger partial charge in [0.1, 0.15) is 11.6 Å². The van der Waals surface area contributed by atoms with Crippen LogP contribution in [0, 0.1) is 0 Å². The number of hydrogen-bond donors (Lipinski definition) is 2. The van der Waals surface area contributed by atoms with E-state index >= 15 is 0 Å². The quantitative estimate of drug-likeness (QED) is 0.866. The minimum absolute atomic E-state index is 0.0525. The Hall–Kier alpha value is -1.92. The second kappa shape index (κ2) is 6.91. The average molecular weight is 331 g/mol. The van der Waals surface area contributed by atoms with Crippen LogP contribution in [0.1, 0.15) is 26.2 Å². The molecule has 0 aliphatic carbocycles. The van der Waals surface area contributed by atoms with E-state index in [-0.39, 0.29) is 17.9 Å². The lowest BCUT2D eigenvalue weighted by atomic mass is 9.90. The molecule has 0 bridgehead atoms. The van der Waals surface area contributed by atoms with E-state index in [1.807, 2.05) is 37.3 Å². The van der Waals surface area contributed by atoms with Crippen molar-refractivity contribution in [2.75, 3.05) is 25.1 Å². The van der Waals surface area contributed by atoms with E-state index in [4.69, 9.17) is 4.74 Å². The number of anilines is 1. The smallest absolute Gasteiger partial charge is 0.252 e. The van der Waals surface area contributed by atoms with Crippen molar-refractivity contribution in [3.8, 4) is 0 Å². The van der Waals surface area contributed by atoms with Crippen LogP contribution in [0.3, 0.4) is 0 Å². The van der Waals surface area contributed by atoms with Crippen LogP contribution in [-0.2, 0) is 14.3 Å². The maximum Gasteiger partial charge on any atom is 0.252 e. The number of carbonyl (C=O) groups excluding carboxylic acids is 2. The largest absolute Gasteiger partial charge is 0.368 e. The van der Waals surface area contributed by atoms with Crippen LogP contribution in [0.15, 0.2) is 30.3 Å². The summed E-state index contributed by atoms with van der Waals surface area (Å²) < 4.78 is 5.55. The molecular weight excluding hydrogens is 306 g/mol. The van der Waals surface area contributed by atoms with Gasteiger partial charge in [-0.25, -0.2) is 0 Å². The van der Waals surface area contributed by atoms with E-state index in [0.29, 0.717) is 19.3 Å². The first-order valence-electron chi connectivity index (χ1n) is 8.52.